The van der Waals surface area contributed by atoms with Crippen molar-refractivity contribution in [3.05, 3.63) is 28.8 Å². The number of carboxylic acid groups (broad SMARTS) is 1. The van der Waals surface area contributed by atoms with Gasteiger partial charge in [0.25, 0.3) is 5.91 Å². The van der Waals surface area contributed by atoms with Crippen molar-refractivity contribution < 1.29 is 19.4 Å². The van der Waals surface area contributed by atoms with Crippen molar-refractivity contribution in [1.29, 1.82) is 0 Å². The number of carbonyl (C=O) groups is 2. The molecule has 0 heterocycles. The summed E-state index contributed by atoms with van der Waals surface area (Å²) < 4.78 is 5.29. The van der Waals surface area contributed by atoms with Gasteiger partial charge < -0.3 is 15.6 Å². The Morgan fingerprint density at radius 1 is 1.53 bits per heavy atom. The highest BCUT2D eigenvalue weighted by Gasteiger charge is 2.17. The van der Waals surface area contributed by atoms with Gasteiger partial charge in [-0.3, -0.25) is 4.79 Å². The van der Waals surface area contributed by atoms with Crippen molar-refractivity contribution in [3.63, 3.8) is 0 Å². The first-order valence-corrected chi connectivity index (χ1v) is 5.32. The zero-order valence-corrected chi connectivity index (χ0v) is 9.90. The van der Waals surface area contributed by atoms with Crippen LogP contribution >= 0.6 is 11.6 Å². The van der Waals surface area contributed by atoms with Gasteiger partial charge in [-0.15, -0.1) is 0 Å². The summed E-state index contributed by atoms with van der Waals surface area (Å²) in [5.41, 5.74) is 5.17. The molecule has 1 unspecified atom stereocenters. The predicted octanol–water partition coefficient (Wildman–Crippen LogP) is 1.68. The van der Waals surface area contributed by atoms with E-state index < -0.39 is 18.0 Å². The Balaban J connectivity index is 2.93. The molecule has 0 fully saturated rings. The Labute approximate surface area is 103 Å². The number of carboxylic acids is 1. The van der Waals surface area contributed by atoms with Crippen molar-refractivity contribution in [3.8, 4) is 5.75 Å². The van der Waals surface area contributed by atoms with Crippen LogP contribution in [0.5, 0.6) is 5.75 Å². The lowest BCUT2D eigenvalue weighted by Crippen LogP contribution is -2.33. The summed E-state index contributed by atoms with van der Waals surface area (Å²) in [5, 5.41) is 8.87. The molecule has 6 heteroatoms. The number of halogens is 1. The molecule has 0 saturated heterocycles. The number of hydrogen-bond donors (Lipinski definition) is 2. The number of carbonyl (C=O) groups excluding carboxylic acids is 1. The molecule has 0 saturated carbocycles. The molecular weight excluding hydrogens is 246 g/mol. The number of benzene rings is 1. The average molecular weight is 258 g/mol. The third kappa shape index (κ3) is 3.35. The summed E-state index contributed by atoms with van der Waals surface area (Å²) in [5.74, 6) is -1.44. The van der Waals surface area contributed by atoms with E-state index in [1.165, 1.54) is 18.2 Å². The highest BCUT2D eigenvalue weighted by molar-refractivity contribution is 6.32. The lowest BCUT2D eigenvalue weighted by atomic mass is 10.2. The molecule has 1 rings (SSSR count). The lowest BCUT2D eigenvalue weighted by Gasteiger charge is -2.15. The molecule has 92 valence electrons. The zero-order valence-electron chi connectivity index (χ0n) is 9.14. The zero-order chi connectivity index (χ0) is 13.0. The van der Waals surface area contributed by atoms with Gasteiger partial charge in [0.15, 0.2) is 6.10 Å². The summed E-state index contributed by atoms with van der Waals surface area (Å²) in [4.78, 5) is 21.7. The van der Waals surface area contributed by atoms with Gasteiger partial charge in [-0.25, -0.2) is 4.79 Å². The van der Waals surface area contributed by atoms with E-state index in [0.29, 0.717) is 6.42 Å². The molecule has 0 spiro atoms. The van der Waals surface area contributed by atoms with Crippen molar-refractivity contribution in [2.24, 2.45) is 5.73 Å². The number of aromatic carboxylic acids is 1. The predicted molar refractivity (Wildman–Crippen MR) is 62.3 cm³/mol. The number of primary amides is 1. The molecule has 1 amide bonds. The minimum Gasteiger partial charge on any atom is -0.479 e. The van der Waals surface area contributed by atoms with Crippen LogP contribution in [0.4, 0.5) is 0 Å². The Hall–Kier alpha value is -1.75. The standard InChI is InChI=1S/C11H12ClNO4/c1-2-8(10(13)14)17-9-4-3-6(11(15)16)5-7(9)12/h3-5,8H,2H2,1H3,(H2,13,14)(H,15,16). The van der Waals surface area contributed by atoms with E-state index in [4.69, 9.17) is 27.2 Å². The largest absolute Gasteiger partial charge is 0.479 e. The maximum absolute atomic E-state index is 11.0. The molecule has 5 nitrogen and oxygen atoms in total. The molecule has 0 aliphatic rings. The van der Waals surface area contributed by atoms with Gasteiger partial charge in [-0.05, 0) is 24.6 Å². The van der Waals surface area contributed by atoms with Crippen molar-refractivity contribution in [1.82, 2.24) is 0 Å². The highest BCUT2D eigenvalue weighted by Crippen LogP contribution is 2.26. The Bertz CT molecular complexity index is 447. The van der Waals surface area contributed by atoms with Crippen LogP contribution in [0.15, 0.2) is 18.2 Å². The van der Waals surface area contributed by atoms with Crippen LogP contribution in [0.3, 0.4) is 0 Å². The minimum atomic E-state index is -1.08. The van der Waals surface area contributed by atoms with Crippen LogP contribution in [0.2, 0.25) is 5.02 Å². The average Bonchev–Trinajstić information content (AvgIpc) is 2.26. The van der Waals surface area contributed by atoms with Crippen LogP contribution in [0.25, 0.3) is 0 Å². The second kappa shape index (κ2) is 5.54. The Kier molecular flexibility index (Phi) is 4.34. The number of amides is 1. The van der Waals surface area contributed by atoms with Crippen LogP contribution in [0.1, 0.15) is 23.7 Å². The summed E-state index contributed by atoms with van der Waals surface area (Å²) in [6, 6.07) is 4.00. The first kappa shape index (κ1) is 13.3. The fourth-order valence-corrected chi connectivity index (χ4v) is 1.45. The van der Waals surface area contributed by atoms with Crippen molar-refractivity contribution in [2.75, 3.05) is 0 Å². The molecule has 0 aliphatic carbocycles. The van der Waals surface area contributed by atoms with Crippen LogP contribution in [-0.4, -0.2) is 23.1 Å². The number of nitrogens with two attached hydrogens (primary N) is 1. The first-order valence-electron chi connectivity index (χ1n) is 4.94. The summed E-state index contributed by atoms with van der Waals surface area (Å²) in [7, 11) is 0. The normalized spacial score (nSPS) is 11.9. The molecule has 1 aromatic carbocycles. The van der Waals surface area contributed by atoms with Gasteiger partial charge in [0.1, 0.15) is 5.75 Å². The monoisotopic (exact) mass is 257 g/mol. The number of rotatable bonds is 5. The molecule has 0 radical (unpaired) electrons. The topological polar surface area (TPSA) is 89.6 Å². The van der Waals surface area contributed by atoms with E-state index in [0.717, 1.165) is 0 Å². The highest BCUT2D eigenvalue weighted by atomic mass is 35.5. The molecule has 17 heavy (non-hydrogen) atoms. The van der Waals surface area contributed by atoms with Gasteiger partial charge in [-0.1, -0.05) is 18.5 Å². The van der Waals surface area contributed by atoms with Crippen molar-refractivity contribution in [2.45, 2.75) is 19.4 Å². The molecule has 1 aromatic rings. The van der Waals surface area contributed by atoms with Crippen LogP contribution in [-0.2, 0) is 4.79 Å². The van der Waals surface area contributed by atoms with Crippen molar-refractivity contribution >= 4 is 23.5 Å². The molecule has 0 bridgehead atoms. The molecule has 0 aliphatic heterocycles. The van der Waals surface area contributed by atoms with E-state index in [9.17, 15) is 9.59 Å². The van der Waals surface area contributed by atoms with E-state index in [-0.39, 0.29) is 16.3 Å². The fourth-order valence-electron chi connectivity index (χ4n) is 1.23. The van der Waals surface area contributed by atoms with Crippen LogP contribution in [0, 0.1) is 0 Å². The number of ether oxygens (including phenoxy) is 1. The van der Waals surface area contributed by atoms with Gasteiger partial charge in [0, 0.05) is 0 Å². The fraction of sp³-hybridized carbons (Fsp3) is 0.273. The summed E-state index contributed by atoms with van der Waals surface area (Å²) in [6.45, 7) is 1.74. The third-order valence-electron chi connectivity index (χ3n) is 2.14. The molecule has 1 atom stereocenters. The SMILES string of the molecule is CCC(Oc1ccc(C(=O)O)cc1Cl)C(N)=O. The second-order valence-electron chi connectivity index (χ2n) is 3.37. The quantitative estimate of drug-likeness (QED) is 0.840. The minimum absolute atomic E-state index is 0.0504. The van der Waals surface area contributed by atoms with E-state index in [1.807, 2.05) is 0 Å². The summed E-state index contributed by atoms with van der Waals surface area (Å²) >= 11 is 5.84. The Morgan fingerprint density at radius 3 is 2.59 bits per heavy atom. The summed E-state index contributed by atoms with van der Waals surface area (Å²) in [6.07, 6.45) is -0.366. The van der Waals surface area contributed by atoms with Gasteiger partial charge in [0.05, 0.1) is 10.6 Å². The molecule has 3 N–H and O–H groups in total. The van der Waals surface area contributed by atoms with E-state index in [2.05, 4.69) is 0 Å². The van der Waals surface area contributed by atoms with E-state index >= 15 is 0 Å². The first-order chi connectivity index (χ1) is 7.95. The molecule has 0 aromatic heterocycles. The van der Waals surface area contributed by atoms with E-state index in [1.54, 1.807) is 6.92 Å². The maximum atomic E-state index is 11.0. The second-order valence-corrected chi connectivity index (χ2v) is 3.77. The third-order valence-corrected chi connectivity index (χ3v) is 2.43. The van der Waals surface area contributed by atoms with Gasteiger partial charge >= 0.3 is 5.97 Å². The maximum Gasteiger partial charge on any atom is 0.335 e. The smallest absolute Gasteiger partial charge is 0.335 e. The number of hydrogen-bond acceptors (Lipinski definition) is 3. The lowest BCUT2D eigenvalue weighted by molar-refractivity contribution is -0.124. The molecular formula is C11H12ClNO4. The Morgan fingerprint density at radius 2 is 2.18 bits per heavy atom. The van der Waals surface area contributed by atoms with Gasteiger partial charge in [0.2, 0.25) is 0 Å². The van der Waals surface area contributed by atoms with Crippen LogP contribution < -0.4 is 10.5 Å². The van der Waals surface area contributed by atoms with Gasteiger partial charge in [-0.2, -0.15) is 0 Å².